The van der Waals surface area contributed by atoms with E-state index in [4.69, 9.17) is 4.74 Å². The minimum absolute atomic E-state index is 0.0284. The molecule has 28 heavy (non-hydrogen) atoms. The molecule has 1 heterocycles. The summed E-state index contributed by atoms with van der Waals surface area (Å²) in [5.41, 5.74) is 3.02. The van der Waals surface area contributed by atoms with Crippen LogP contribution in [-0.4, -0.2) is 28.5 Å². The van der Waals surface area contributed by atoms with Crippen LogP contribution in [0, 0.1) is 0 Å². The van der Waals surface area contributed by atoms with E-state index in [0.29, 0.717) is 17.9 Å². The molecule has 2 aromatic carbocycles. The van der Waals surface area contributed by atoms with Gasteiger partial charge < -0.3 is 14.2 Å². The number of nitrogens with zero attached hydrogens (tertiary/aromatic N) is 2. The Morgan fingerprint density at radius 1 is 1.07 bits per heavy atom. The van der Waals surface area contributed by atoms with Crippen molar-refractivity contribution in [3.05, 3.63) is 89.7 Å². The molecule has 3 rings (SSSR count). The molecule has 0 fully saturated rings. The lowest BCUT2D eigenvalue weighted by atomic mass is 10.1. The molecular formula is C24H28N2O2. The first-order valence-corrected chi connectivity index (χ1v) is 9.75. The van der Waals surface area contributed by atoms with Gasteiger partial charge in [0.1, 0.15) is 5.75 Å². The second-order valence-corrected chi connectivity index (χ2v) is 7.04. The Morgan fingerprint density at radius 2 is 1.86 bits per heavy atom. The SMILES string of the molecule is CCC(C)N(Cc1cccn1Cc1ccccc1)C(=O)c1cccc(OC)c1. The standard InChI is InChI=1S/C24H28N2O2/c1-4-19(2)26(24(27)21-12-8-14-23(16-21)28-3)18-22-13-9-15-25(22)17-20-10-6-5-7-11-20/h5-16,19H,4,17-18H2,1-3H3. The van der Waals surface area contributed by atoms with E-state index in [1.807, 2.05) is 35.2 Å². The summed E-state index contributed by atoms with van der Waals surface area (Å²) in [6.07, 6.45) is 2.97. The van der Waals surface area contributed by atoms with Crippen LogP contribution in [0.25, 0.3) is 0 Å². The Kier molecular flexibility index (Phi) is 6.53. The minimum Gasteiger partial charge on any atom is -0.497 e. The van der Waals surface area contributed by atoms with Crippen LogP contribution in [-0.2, 0) is 13.1 Å². The molecule has 4 heteroatoms. The first-order chi connectivity index (χ1) is 13.6. The molecular weight excluding hydrogens is 348 g/mol. The van der Waals surface area contributed by atoms with Gasteiger partial charge in [0, 0.05) is 30.0 Å². The van der Waals surface area contributed by atoms with Gasteiger partial charge in [-0.05, 0) is 49.2 Å². The zero-order chi connectivity index (χ0) is 19.9. The summed E-state index contributed by atoms with van der Waals surface area (Å²) < 4.78 is 7.50. The number of carbonyl (C=O) groups excluding carboxylic acids is 1. The fourth-order valence-electron chi connectivity index (χ4n) is 3.27. The van der Waals surface area contributed by atoms with Crippen LogP contribution in [0.3, 0.4) is 0 Å². The average Bonchev–Trinajstić information content (AvgIpc) is 3.18. The van der Waals surface area contributed by atoms with Gasteiger partial charge in [-0.2, -0.15) is 0 Å². The van der Waals surface area contributed by atoms with Gasteiger partial charge in [0.05, 0.1) is 13.7 Å². The largest absolute Gasteiger partial charge is 0.497 e. The number of ether oxygens (including phenoxy) is 1. The Labute approximate surface area is 167 Å². The maximum atomic E-state index is 13.3. The van der Waals surface area contributed by atoms with Crippen LogP contribution in [0.15, 0.2) is 72.9 Å². The maximum Gasteiger partial charge on any atom is 0.254 e. The van der Waals surface area contributed by atoms with E-state index < -0.39 is 0 Å². The van der Waals surface area contributed by atoms with E-state index in [-0.39, 0.29) is 11.9 Å². The van der Waals surface area contributed by atoms with Gasteiger partial charge in [-0.1, -0.05) is 43.3 Å². The first kappa shape index (κ1) is 19.7. The summed E-state index contributed by atoms with van der Waals surface area (Å²) in [4.78, 5) is 15.2. The molecule has 0 saturated heterocycles. The number of benzene rings is 2. The molecule has 0 aliphatic heterocycles. The van der Waals surface area contributed by atoms with Crippen LogP contribution >= 0.6 is 0 Å². The molecule has 0 spiro atoms. The van der Waals surface area contributed by atoms with Gasteiger partial charge in [0.25, 0.3) is 5.91 Å². The van der Waals surface area contributed by atoms with E-state index in [2.05, 4.69) is 54.9 Å². The summed E-state index contributed by atoms with van der Waals surface area (Å²) in [5.74, 6) is 0.725. The minimum atomic E-state index is 0.0284. The molecule has 0 saturated carbocycles. The van der Waals surface area contributed by atoms with Crippen molar-refractivity contribution in [1.29, 1.82) is 0 Å². The number of aromatic nitrogens is 1. The summed E-state index contributed by atoms with van der Waals surface area (Å²) >= 11 is 0. The highest BCUT2D eigenvalue weighted by Gasteiger charge is 2.22. The highest BCUT2D eigenvalue weighted by atomic mass is 16.5. The summed E-state index contributed by atoms with van der Waals surface area (Å²) in [6, 6.07) is 22.0. The Bertz CT molecular complexity index is 902. The number of hydrogen-bond acceptors (Lipinski definition) is 2. The number of carbonyl (C=O) groups is 1. The normalized spacial score (nSPS) is 11.8. The monoisotopic (exact) mass is 376 g/mol. The van der Waals surface area contributed by atoms with Crippen LogP contribution < -0.4 is 4.74 Å². The van der Waals surface area contributed by atoms with Crippen molar-refractivity contribution in [2.24, 2.45) is 0 Å². The van der Waals surface area contributed by atoms with Crippen LogP contribution in [0.5, 0.6) is 5.75 Å². The Balaban J connectivity index is 1.84. The highest BCUT2D eigenvalue weighted by Crippen LogP contribution is 2.19. The van der Waals surface area contributed by atoms with Crippen LogP contribution in [0.1, 0.15) is 41.9 Å². The molecule has 1 aromatic heterocycles. The van der Waals surface area contributed by atoms with Gasteiger partial charge in [-0.25, -0.2) is 0 Å². The van der Waals surface area contributed by atoms with Crippen molar-refractivity contribution in [3.63, 3.8) is 0 Å². The highest BCUT2D eigenvalue weighted by molar-refractivity contribution is 5.94. The molecule has 0 aliphatic rings. The number of hydrogen-bond donors (Lipinski definition) is 0. The molecule has 1 atom stereocenters. The van der Waals surface area contributed by atoms with E-state index in [0.717, 1.165) is 18.7 Å². The molecule has 4 nitrogen and oxygen atoms in total. The third-order valence-corrected chi connectivity index (χ3v) is 5.15. The Hall–Kier alpha value is -3.01. The van der Waals surface area contributed by atoms with E-state index in [1.165, 1.54) is 5.56 Å². The molecule has 0 bridgehead atoms. The van der Waals surface area contributed by atoms with E-state index in [9.17, 15) is 4.79 Å². The van der Waals surface area contributed by atoms with Crippen LogP contribution in [0.2, 0.25) is 0 Å². The van der Waals surface area contributed by atoms with Gasteiger partial charge in [0.15, 0.2) is 0 Å². The second kappa shape index (κ2) is 9.27. The summed E-state index contributed by atoms with van der Waals surface area (Å²) in [5, 5.41) is 0. The second-order valence-electron chi connectivity index (χ2n) is 7.04. The predicted molar refractivity (Wildman–Crippen MR) is 113 cm³/mol. The van der Waals surface area contributed by atoms with Crippen molar-refractivity contribution >= 4 is 5.91 Å². The zero-order valence-electron chi connectivity index (χ0n) is 16.8. The van der Waals surface area contributed by atoms with E-state index in [1.54, 1.807) is 13.2 Å². The number of rotatable bonds is 8. The van der Waals surface area contributed by atoms with Crippen molar-refractivity contribution in [2.45, 2.75) is 39.4 Å². The van der Waals surface area contributed by atoms with Gasteiger partial charge in [0.2, 0.25) is 0 Å². The molecule has 0 N–H and O–H groups in total. The smallest absolute Gasteiger partial charge is 0.254 e. The van der Waals surface area contributed by atoms with Gasteiger partial charge in [-0.15, -0.1) is 0 Å². The lowest BCUT2D eigenvalue weighted by Crippen LogP contribution is -2.38. The average molecular weight is 377 g/mol. The third kappa shape index (κ3) is 4.63. The molecule has 3 aromatic rings. The zero-order valence-corrected chi connectivity index (χ0v) is 16.8. The number of amides is 1. The summed E-state index contributed by atoms with van der Waals surface area (Å²) in [7, 11) is 1.62. The lowest BCUT2D eigenvalue weighted by molar-refractivity contribution is 0.0666. The van der Waals surface area contributed by atoms with Gasteiger partial charge in [-0.3, -0.25) is 4.79 Å². The van der Waals surface area contributed by atoms with Gasteiger partial charge >= 0.3 is 0 Å². The fraction of sp³-hybridized carbons (Fsp3) is 0.292. The maximum absolute atomic E-state index is 13.3. The lowest BCUT2D eigenvalue weighted by Gasteiger charge is -2.29. The van der Waals surface area contributed by atoms with Crippen molar-refractivity contribution in [3.8, 4) is 5.75 Å². The van der Waals surface area contributed by atoms with Crippen molar-refractivity contribution in [1.82, 2.24) is 9.47 Å². The molecule has 1 amide bonds. The third-order valence-electron chi connectivity index (χ3n) is 5.15. The first-order valence-electron chi connectivity index (χ1n) is 9.75. The molecule has 0 aliphatic carbocycles. The molecule has 1 unspecified atom stereocenters. The number of methoxy groups -OCH3 is 1. The summed E-state index contributed by atoms with van der Waals surface area (Å²) in [6.45, 7) is 5.58. The predicted octanol–water partition coefficient (Wildman–Crippen LogP) is 4.99. The Morgan fingerprint density at radius 3 is 2.57 bits per heavy atom. The van der Waals surface area contributed by atoms with E-state index >= 15 is 0 Å². The topological polar surface area (TPSA) is 34.5 Å². The van der Waals surface area contributed by atoms with Crippen molar-refractivity contribution in [2.75, 3.05) is 7.11 Å². The molecule has 0 radical (unpaired) electrons. The fourth-order valence-corrected chi connectivity index (χ4v) is 3.27. The quantitative estimate of drug-likeness (QED) is 0.555. The van der Waals surface area contributed by atoms with Crippen LogP contribution in [0.4, 0.5) is 0 Å². The van der Waals surface area contributed by atoms with Crippen molar-refractivity contribution < 1.29 is 9.53 Å². The molecule has 146 valence electrons.